The lowest BCUT2D eigenvalue weighted by Crippen LogP contribution is -2.20. The van der Waals surface area contributed by atoms with Crippen molar-refractivity contribution in [3.8, 4) is 5.75 Å². The summed E-state index contributed by atoms with van der Waals surface area (Å²) < 4.78 is 11.3. The van der Waals surface area contributed by atoms with Crippen LogP contribution in [0.5, 0.6) is 5.75 Å². The second kappa shape index (κ2) is 13.0. The fourth-order valence-electron chi connectivity index (χ4n) is 3.77. The van der Waals surface area contributed by atoms with E-state index in [-0.39, 0.29) is 29.8 Å². The van der Waals surface area contributed by atoms with E-state index in [1.54, 1.807) is 42.5 Å². The fraction of sp³-hybridized carbons (Fsp3) is 0.207. The largest absolute Gasteiger partial charge is 0.492 e. The van der Waals surface area contributed by atoms with Gasteiger partial charge in [-0.3, -0.25) is 14.4 Å². The number of rotatable bonds is 11. The summed E-state index contributed by atoms with van der Waals surface area (Å²) in [4.78, 5) is 48.6. The highest BCUT2D eigenvalue weighted by Crippen LogP contribution is 2.33. The highest BCUT2D eigenvalue weighted by Gasteiger charge is 2.23. The molecule has 1 aromatic heterocycles. The summed E-state index contributed by atoms with van der Waals surface area (Å²) >= 11 is 5.99. The van der Waals surface area contributed by atoms with Gasteiger partial charge in [-0.1, -0.05) is 29.8 Å². The monoisotopic (exact) mass is 561 g/mol. The van der Waals surface area contributed by atoms with E-state index in [9.17, 15) is 14.4 Å². The van der Waals surface area contributed by atoms with E-state index in [1.807, 2.05) is 25.9 Å². The molecule has 0 fully saturated rings. The molecule has 2 aromatic carbocycles. The van der Waals surface area contributed by atoms with Gasteiger partial charge in [-0.25, -0.2) is 9.97 Å². The number of fused-ring (bicyclic) bond motifs is 1. The van der Waals surface area contributed by atoms with Crippen LogP contribution in [-0.2, 0) is 25.7 Å². The zero-order chi connectivity index (χ0) is 28.6. The molecular weight excluding hydrogens is 534 g/mol. The van der Waals surface area contributed by atoms with Gasteiger partial charge >= 0.3 is 0 Å². The first-order valence-electron chi connectivity index (χ1n) is 12.4. The van der Waals surface area contributed by atoms with Crippen LogP contribution in [0.15, 0.2) is 78.5 Å². The predicted molar refractivity (Wildman–Crippen MR) is 153 cm³/mol. The van der Waals surface area contributed by atoms with Crippen LogP contribution in [-0.4, -0.2) is 59.6 Å². The summed E-state index contributed by atoms with van der Waals surface area (Å²) in [5.41, 5.74) is 1.70. The van der Waals surface area contributed by atoms with E-state index in [1.165, 1.54) is 12.4 Å². The van der Waals surface area contributed by atoms with Gasteiger partial charge in [0.05, 0.1) is 23.5 Å². The number of ether oxygens (including phenoxy) is 2. The van der Waals surface area contributed by atoms with Crippen LogP contribution in [0.3, 0.4) is 0 Å². The Morgan fingerprint density at radius 2 is 1.90 bits per heavy atom. The third-order valence-corrected chi connectivity index (χ3v) is 5.85. The van der Waals surface area contributed by atoms with Crippen LogP contribution >= 0.6 is 11.6 Å². The van der Waals surface area contributed by atoms with Crippen molar-refractivity contribution >= 4 is 51.5 Å². The number of amides is 1. The van der Waals surface area contributed by atoms with Gasteiger partial charge in [0.1, 0.15) is 24.5 Å². The molecule has 0 aliphatic heterocycles. The fourth-order valence-corrected chi connectivity index (χ4v) is 3.98. The first-order chi connectivity index (χ1) is 19.2. The lowest BCUT2D eigenvalue weighted by atomic mass is 10.1. The molecule has 0 bridgehead atoms. The molecular formula is C29H28ClN5O5. The van der Waals surface area contributed by atoms with E-state index >= 15 is 0 Å². The minimum absolute atomic E-state index is 0.0196. The first-order valence-corrected chi connectivity index (χ1v) is 12.8. The molecule has 1 aliphatic rings. The number of allylic oxidation sites excluding steroid dienone is 2. The molecule has 0 spiro atoms. The van der Waals surface area contributed by atoms with Crippen molar-refractivity contribution < 1.29 is 23.9 Å². The maximum atomic E-state index is 12.9. The SMILES string of the molecule is CCOc1cc2ncnc(NC3=CC(=O)C(OCc4cccc(Cl)c4)=CC3=O)c2cc1NC(=O)C=CCN(C)C. The Bertz CT molecular complexity index is 1550. The van der Waals surface area contributed by atoms with Gasteiger partial charge in [-0.2, -0.15) is 0 Å². The number of nitrogens with zero attached hydrogens (tertiary/aromatic N) is 3. The van der Waals surface area contributed by atoms with Gasteiger partial charge in [0, 0.05) is 41.2 Å². The lowest BCUT2D eigenvalue weighted by Gasteiger charge is -2.16. The average Bonchev–Trinajstić information content (AvgIpc) is 2.90. The normalized spacial score (nSPS) is 13.4. The summed E-state index contributed by atoms with van der Waals surface area (Å²) in [6, 6.07) is 10.4. The standard InChI is InChI=1S/C29H28ClN5O5/c1-4-39-26-14-21-20(12-23(26)33-28(38)9-6-10-35(2)3)29(32-17-31-21)34-22-13-25(37)27(15-24(22)36)40-16-18-7-5-8-19(30)11-18/h5-9,11-15,17H,4,10,16H2,1-3H3,(H,33,38)(H,31,32,34). The summed E-state index contributed by atoms with van der Waals surface area (Å²) in [6.45, 7) is 2.89. The molecule has 0 atom stereocenters. The molecule has 1 amide bonds. The number of hydrogen-bond donors (Lipinski definition) is 2. The number of benzene rings is 2. The number of likely N-dealkylation sites (N-methyl/N-ethyl adjacent to an activating group) is 1. The molecule has 0 unspecified atom stereocenters. The maximum Gasteiger partial charge on any atom is 0.248 e. The lowest BCUT2D eigenvalue weighted by molar-refractivity contribution is -0.117. The van der Waals surface area contributed by atoms with Gasteiger partial charge in [0.2, 0.25) is 17.5 Å². The molecule has 1 heterocycles. The quantitative estimate of drug-likeness (QED) is 0.261. The average molecular weight is 562 g/mol. The number of carbonyl (C=O) groups is 3. The van der Waals surface area contributed by atoms with Crippen LogP contribution < -0.4 is 15.4 Å². The van der Waals surface area contributed by atoms with Crippen LogP contribution in [0, 0.1) is 0 Å². The van der Waals surface area contributed by atoms with E-state index < -0.39 is 11.6 Å². The van der Waals surface area contributed by atoms with E-state index in [0.29, 0.717) is 40.5 Å². The minimum atomic E-state index is -0.474. The topological polar surface area (TPSA) is 123 Å². The number of aromatic nitrogens is 2. The van der Waals surface area contributed by atoms with Crippen molar-refractivity contribution in [2.45, 2.75) is 13.5 Å². The highest BCUT2D eigenvalue weighted by atomic mass is 35.5. The smallest absolute Gasteiger partial charge is 0.248 e. The second-order valence-electron chi connectivity index (χ2n) is 9.01. The molecule has 1 aliphatic carbocycles. The molecule has 40 heavy (non-hydrogen) atoms. The van der Waals surface area contributed by atoms with Gasteiger partial charge in [0.15, 0.2) is 5.76 Å². The zero-order valence-electron chi connectivity index (χ0n) is 22.2. The van der Waals surface area contributed by atoms with Crippen LogP contribution in [0.1, 0.15) is 12.5 Å². The Kier molecular flexibility index (Phi) is 9.26. The summed E-state index contributed by atoms with van der Waals surface area (Å²) in [7, 11) is 3.80. The van der Waals surface area contributed by atoms with Crippen LogP contribution in [0.25, 0.3) is 10.9 Å². The molecule has 0 saturated carbocycles. The van der Waals surface area contributed by atoms with E-state index in [4.69, 9.17) is 21.1 Å². The van der Waals surface area contributed by atoms with Gasteiger partial charge in [-0.15, -0.1) is 0 Å². The summed E-state index contributed by atoms with van der Waals surface area (Å²) in [5.74, 6) is -0.634. The second-order valence-corrected chi connectivity index (χ2v) is 9.45. The predicted octanol–water partition coefficient (Wildman–Crippen LogP) is 4.29. The third kappa shape index (κ3) is 7.31. The number of carbonyl (C=O) groups excluding carboxylic acids is 3. The molecule has 0 radical (unpaired) electrons. The number of anilines is 2. The molecule has 10 nitrogen and oxygen atoms in total. The maximum absolute atomic E-state index is 12.9. The van der Waals surface area contributed by atoms with E-state index in [2.05, 4.69) is 20.6 Å². The van der Waals surface area contributed by atoms with Crippen molar-refractivity contribution in [1.82, 2.24) is 14.9 Å². The Morgan fingerprint density at radius 1 is 1.07 bits per heavy atom. The number of hydrogen-bond acceptors (Lipinski definition) is 9. The zero-order valence-corrected chi connectivity index (χ0v) is 23.0. The highest BCUT2D eigenvalue weighted by molar-refractivity contribution is 6.30. The van der Waals surface area contributed by atoms with Crippen molar-refractivity contribution in [3.05, 3.63) is 89.1 Å². The molecule has 0 saturated heterocycles. The van der Waals surface area contributed by atoms with Gasteiger partial charge < -0.3 is 25.0 Å². The number of nitrogens with one attached hydrogen (secondary N) is 2. The summed E-state index contributed by atoms with van der Waals surface area (Å²) in [5, 5.41) is 6.80. The third-order valence-electron chi connectivity index (χ3n) is 5.62. The molecule has 3 aromatic rings. The Labute approximate surface area is 236 Å². The van der Waals surface area contributed by atoms with Crippen molar-refractivity contribution in [2.24, 2.45) is 0 Å². The number of halogens is 1. The molecule has 4 rings (SSSR count). The van der Waals surface area contributed by atoms with Crippen molar-refractivity contribution in [1.29, 1.82) is 0 Å². The Morgan fingerprint density at radius 3 is 2.65 bits per heavy atom. The molecule has 206 valence electrons. The minimum Gasteiger partial charge on any atom is -0.492 e. The Hall–Kier alpha value is -4.54. The first kappa shape index (κ1) is 28.5. The molecule has 11 heteroatoms. The Balaban J connectivity index is 1.55. The van der Waals surface area contributed by atoms with Gasteiger partial charge in [-0.05, 0) is 44.8 Å². The number of ketones is 2. The van der Waals surface area contributed by atoms with E-state index in [0.717, 1.165) is 17.7 Å². The van der Waals surface area contributed by atoms with Gasteiger partial charge in [0.25, 0.3) is 0 Å². The van der Waals surface area contributed by atoms with Crippen molar-refractivity contribution in [3.63, 3.8) is 0 Å². The summed E-state index contributed by atoms with van der Waals surface area (Å²) in [6.07, 6.45) is 6.81. The van der Waals surface area contributed by atoms with Crippen LogP contribution in [0.4, 0.5) is 11.5 Å². The van der Waals surface area contributed by atoms with Crippen LogP contribution in [0.2, 0.25) is 5.02 Å². The molecule has 2 N–H and O–H groups in total. The van der Waals surface area contributed by atoms with Crippen molar-refractivity contribution in [2.75, 3.05) is 37.9 Å².